The SMILES string of the molecule is CC1(C)CC(=O)N(CC(=O)c2cc(Cl)ccc2Cl)C1=O. The fourth-order valence-corrected chi connectivity index (χ4v) is 2.52. The summed E-state index contributed by atoms with van der Waals surface area (Å²) in [6, 6.07) is 4.51. The van der Waals surface area contributed by atoms with Gasteiger partial charge in [0.05, 0.1) is 17.0 Å². The zero-order valence-corrected chi connectivity index (χ0v) is 12.6. The quantitative estimate of drug-likeness (QED) is 0.637. The first-order chi connectivity index (χ1) is 9.22. The maximum atomic E-state index is 12.2. The lowest BCUT2D eigenvalue weighted by Crippen LogP contribution is -2.37. The number of rotatable bonds is 3. The van der Waals surface area contributed by atoms with Crippen molar-refractivity contribution in [2.45, 2.75) is 20.3 Å². The highest BCUT2D eigenvalue weighted by Gasteiger charge is 2.45. The van der Waals surface area contributed by atoms with Gasteiger partial charge in [-0.15, -0.1) is 0 Å². The van der Waals surface area contributed by atoms with E-state index >= 15 is 0 Å². The van der Waals surface area contributed by atoms with Gasteiger partial charge in [0.15, 0.2) is 5.78 Å². The number of carbonyl (C=O) groups is 3. The smallest absolute Gasteiger partial charge is 0.235 e. The summed E-state index contributed by atoms with van der Waals surface area (Å²) in [7, 11) is 0. The molecule has 1 fully saturated rings. The Labute approximate surface area is 126 Å². The van der Waals surface area contributed by atoms with Crippen LogP contribution in [0.15, 0.2) is 18.2 Å². The Kier molecular flexibility index (Phi) is 3.89. The summed E-state index contributed by atoms with van der Waals surface area (Å²) in [6.45, 7) is 3.06. The molecule has 1 saturated heterocycles. The summed E-state index contributed by atoms with van der Waals surface area (Å²) >= 11 is 11.8. The van der Waals surface area contributed by atoms with Crippen LogP contribution in [-0.2, 0) is 9.59 Å². The van der Waals surface area contributed by atoms with Crippen LogP contribution in [0.4, 0.5) is 0 Å². The van der Waals surface area contributed by atoms with E-state index in [1.54, 1.807) is 19.9 Å². The standard InChI is InChI=1S/C14H13Cl2NO3/c1-14(2)6-12(19)17(13(14)20)7-11(18)9-5-8(15)3-4-10(9)16/h3-5H,6-7H2,1-2H3. The van der Waals surface area contributed by atoms with Crippen molar-refractivity contribution in [3.63, 3.8) is 0 Å². The van der Waals surface area contributed by atoms with Crippen LogP contribution in [0.2, 0.25) is 10.0 Å². The topological polar surface area (TPSA) is 54.5 Å². The first-order valence-electron chi connectivity index (χ1n) is 6.05. The number of carbonyl (C=O) groups excluding carboxylic acids is 3. The summed E-state index contributed by atoms with van der Waals surface area (Å²) in [5, 5.41) is 0.620. The fraction of sp³-hybridized carbons (Fsp3) is 0.357. The molecular weight excluding hydrogens is 301 g/mol. The lowest BCUT2D eigenvalue weighted by molar-refractivity contribution is -0.140. The van der Waals surface area contributed by atoms with Gasteiger partial charge < -0.3 is 0 Å². The summed E-state index contributed by atoms with van der Waals surface area (Å²) in [5.74, 6) is -1.09. The third kappa shape index (κ3) is 2.72. The minimum absolute atomic E-state index is 0.113. The monoisotopic (exact) mass is 313 g/mol. The second-order valence-electron chi connectivity index (χ2n) is 5.39. The van der Waals surface area contributed by atoms with E-state index in [0.29, 0.717) is 5.02 Å². The molecule has 1 aliphatic rings. The number of likely N-dealkylation sites (tertiary alicyclic amines) is 1. The number of halogens is 2. The van der Waals surface area contributed by atoms with Crippen LogP contribution in [0.5, 0.6) is 0 Å². The Balaban J connectivity index is 2.22. The van der Waals surface area contributed by atoms with E-state index < -0.39 is 11.2 Å². The van der Waals surface area contributed by atoms with Crippen LogP contribution in [0.1, 0.15) is 30.6 Å². The Hall–Kier alpha value is -1.39. The Morgan fingerprint density at radius 3 is 2.50 bits per heavy atom. The van der Waals surface area contributed by atoms with Gasteiger partial charge in [-0.25, -0.2) is 0 Å². The van der Waals surface area contributed by atoms with Crippen LogP contribution in [-0.4, -0.2) is 29.0 Å². The third-order valence-corrected chi connectivity index (χ3v) is 3.81. The van der Waals surface area contributed by atoms with Crippen LogP contribution in [0, 0.1) is 5.41 Å². The highest BCUT2D eigenvalue weighted by Crippen LogP contribution is 2.32. The van der Waals surface area contributed by atoms with E-state index in [1.807, 2.05) is 0 Å². The molecule has 1 heterocycles. The van der Waals surface area contributed by atoms with Gasteiger partial charge in [-0.1, -0.05) is 37.0 Å². The van der Waals surface area contributed by atoms with Gasteiger partial charge >= 0.3 is 0 Å². The zero-order chi connectivity index (χ0) is 15.1. The molecule has 1 aromatic carbocycles. The van der Waals surface area contributed by atoms with Crippen LogP contribution in [0.25, 0.3) is 0 Å². The maximum Gasteiger partial charge on any atom is 0.235 e. The van der Waals surface area contributed by atoms with Crippen molar-refractivity contribution in [3.8, 4) is 0 Å². The normalized spacial score (nSPS) is 17.7. The molecule has 0 saturated carbocycles. The number of nitrogens with zero attached hydrogens (tertiary/aromatic N) is 1. The van der Waals surface area contributed by atoms with E-state index in [4.69, 9.17) is 23.2 Å². The predicted molar refractivity (Wildman–Crippen MR) is 75.9 cm³/mol. The third-order valence-electron chi connectivity index (χ3n) is 3.25. The van der Waals surface area contributed by atoms with E-state index in [9.17, 15) is 14.4 Å². The van der Waals surface area contributed by atoms with Crippen molar-refractivity contribution in [1.82, 2.24) is 4.90 Å². The Morgan fingerprint density at radius 1 is 1.30 bits per heavy atom. The molecule has 0 N–H and O–H groups in total. The number of imide groups is 1. The lowest BCUT2D eigenvalue weighted by atomic mass is 9.92. The molecule has 0 bridgehead atoms. The molecule has 0 aliphatic carbocycles. The van der Waals surface area contributed by atoms with Crippen molar-refractivity contribution in [3.05, 3.63) is 33.8 Å². The highest BCUT2D eigenvalue weighted by atomic mass is 35.5. The summed E-state index contributed by atoms with van der Waals surface area (Å²) < 4.78 is 0. The van der Waals surface area contributed by atoms with E-state index in [0.717, 1.165) is 4.90 Å². The van der Waals surface area contributed by atoms with Crippen molar-refractivity contribution in [2.24, 2.45) is 5.41 Å². The Bertz CT molecular complexity index is 610. The van der Waals surface area contributed by atoms with Gasteiger partial charge in [-0.3, -0.25) is 19.3 Å². The second kappa shape index (κ2) is 5.19. The molecule has 6 heteroatoms. The van der Waals surface area contributed by atoms with E-state index in [2.05, 4.69) is 0 Å². The lowest BCUT2D eigenvalue weighted by Gasteiger charge is -2.17. The van der Waals surface area contributed by atoms with Crippen molar-refractivity contribution in [1.29, 1.82) is 0 Å². The minimum Gasteiger partial charge on any atom is -0.292 e. The van der Waals surface area contributed by atoms with Crippen molar-refractivity contribution >= 4 is 40.8 Å². The molecule has 2 rings (SSSR count). The van der Waals surface area contributed by atoms with Gasteiger partial charge in [-0.05, 0) is 18.2 Å². The van der Waals surface area contributed by atoms with Gasteiger partial charge in [0.25, 0.3) is 0 Å². The molecule has 1 aliphatic heterocycles. The minimum atomic E-state index is -0.754. The summed E-state index contributed by atoms with van der Waals surface area (Å²) in [6.07, 6.45) is 0.113. The zero-order valence-electron chi connectivity index (χ0n) is 11.1. The number of hydrogen-bond acceptors (Lipinski definition) is 3. The van der Waals surface area contributed by atoms with Crippen LogP contribution in [0.3, 0.4) is 0 Å². The largest absolute Gasteiger partial charge is 0.292 e. The molecule has 0 unspecified atom stereocenters. The molecule has 20 heavy (non-hydrogen) atoms. The number of ketones is 1. The molecule has 0 spiro atoms. The molecule has 0 aromatic heterocycles. The van der Waals surface area contributed by atoms with E-state index in [1.165, 1.54) is 12.1 Å². The molecule has 1 aromatic rings. The molecule has 106 valence electrons. The van der Waals surface area contributed by atoms with Gasteiger partial charge in [-0.2, -0.15) is 0 Å². The summed E-state index contributed by atoms with van der Waals surface area (Å²) in [4.78, 5) is 37.0. The van der Waals surface area contributed by atoms with E-state index in [-0.39, 0.29) is 35.4 Å². The highest BCUT2D eigenvalue weighted by molar-refractivity contribution is 6.36. The fourth-order valence-electron chi connectivity index (χ4n) is 2.13. The number of Topliss-reactive ketones (excluding diaryl/α,β-unsaturated/α-hetero) is 1. The number of amides is 2. The maximum absolute atomic E-state index is 12.2. The first kappa shape index (κ1) is 15.0. The number of hydrogen-bond donors (Lipinski definition) is 0. The van der Waals surface area contributed by atoms with Crippen LogP contribution >= 0.6 is 23.2 Å². The first-order valence-corrected chi connectivity index (χ1v) is 6.81. The Morgan fingerprint density at radius 2 is 1.95 bits per heavy atom. The van der Waals surface area contributed by atoms with Gasteiger partial charge in [0.2, 0.25) is 11.8 Å². The molecule has 2 amide bonds. The van der Waals surface area contributed by atoms with Crippen molar-refractivity contribution < 1.29 is 14.4 Å². The molecule has 0 radical (unpaired) electrons. The van der Waals surface area contributed by atoms with Gasteiger partial charge in [0, 0.05) is 17.0 Å². The average Bonchev–Trinajstić information content (AvgIpc) is 2.54. The molecular formula is C14H13Cl2NO3. The summed E-state index contributed by atoms with van der Waals surface area (Å²) in [5.41, 5.74) is -0.542. The van der Waals surface area contributed by atoms with Gasteiger partial charge in [0.1, 0.15) is 0 Å². The molecule has 4 nitrogen and oxygen atoms in total. The predicted octanol–water partition coefficient (Wildman–Crippen LogP) is 2.96. The second-order valence-corrected chi connectivity index (χ2v) is 6.24. The van der Waals surface area contributed by atoms with Crippen molar-refractivity contribution in [2.75, 3.05) is 6.54 Å². The number of benzene rings is 1. The average molecular weight is 314 g/mol. The molecule has 0 atom stereocenters. The van der Waals surface area contributed by atoms with Crippen LogP contribution < -0.4 is 0 Å².